The van der Waals surface area contributed by atoms with E-state index >= 15 is 0 Å². The Morgan fingerprint density at radius 1 is 1.39 bits per heavy atom. The summed E-state index contributed by atoms with van der Waals surface area (Å²) in [6, 6.07) is 7.87. The summed E-state index contributed by atoms with van der Waals surface area (Å²) in [7, 11) is 1.91. The summed E-state index contributed by atoms with van der Waals surface area (Å²) >= 11 is 9.25. The molecule has 0 spiro atoms. The Kier molecular flexibility index (Phi) is 4.30. The summed E-state index contributed by atoms with van der Waals surface area (Å²) in [5.74, 6) is 1.31. The molecule has 3 nitrogen and oxygen atoms in total. The van der Waals surface area contributed by atoms with Gasteiger partial charge in [0.1, 0.15) is 12.4 Å². The molecule has 0 atom stereocenters. The fourth-order valence-electron chi connectivity index (χ4n) is 1.70. The maximum absolute atomic E-state index is 5.77. The lowest BCUT2D eigenvalue weighted by molar-refractivity contribution is 0.293. The number of aromatic nitrogens is 2. The largest absolute Gasteiger partial charge is 0.486 e. The number of alkyl halides is 1. The van der Waals surface area contributed by atoms with Gasteiger partial charge in [-0.3, -0.25) is 4.68 Å². The molecule has 0 aliphatic heterocycles. The number of benzene rings is 1. The third kappa shape index (κ3) is 3.06. The summed E-state index contributed by atoms with van der Waals surface area (Å²) in [5, 5.41) is 4.28. The van der Waals surface area contributed by atoms with Gasteiger partial charge in [-0.05, 0) is 46.6 Å². The Hall–Kier alpha value is -1.00. The lowest BCUT2D eigenvalue weighted by Gasteiger charge is -2.09. The summed E-state index contributed by atoms with van der Waals surface area (Å²) < 4.78 is 8.51. The first kappa shape index (κ1) is 13.4. The van der Waals surface area contributed by atoms with Crippen LogP contribution in [0.3, 0.4) is 0 Å². The van der Waals surface area contributed by atoms with E-state index in [9.17, 15) is 0 Å². The molecule has 0 saturated carbocycles. The molecule has 2 rings (SSSR count). The molecule has 0 amide bonds. The number of aryl methyl sites for hydroxylation is 2. The van der Waals surface area contributed by atoms with Gasteiger partial charge in [-0.2, -0.15) is 5.10 Å². The van der Waals surface area contributed by atoms with Crippen molar-refractivity contribution in [3.05, 3.63) is 45.7 Å². The van der Waals surface area contributed by atoms with Crippen LogP contribution in [0.4, 0.5) is 0 Å². The molecule has 1 heterocycles. The zero-order valence-electron chi connectivity index (χ0n) is 10.3. The van der Waals surface area contributed by atoms with E-state index in [-0.39, 0.29) is 0 Å². The van der Waals surface area contributed by atoms with E-state index < -0.39 is 0 Å². The Balaban J connectivity index is 2.08. The topological polar surface area (TPSA) is 27.1 Å². The average molecular weight is 330 g/mol. The Labute approximate surface area is 120 Å². The second kappa shape index (κ2) is 5.76. The number of ether oxygens (including phenoxy) is 1. The summed E-state index contributed by atoms with van der Waals surface area (Å²) in [6.07, 6.45) is 0. The number of halogens is 2. The van der Waals surface area contributed by atoms with E-state index in [0.717, 1.165) is 27.2 Å². The minimum atomic E-state index is 0.496. The highest BCUT2D eigenvalue weighted by Gasteiger charge is 2.06. The zero-order valence-corrected chi connectivity index (χ0v) is 12.6. The monoisotopic (exact) mass is 328 g/mol. The van der Waals surface area contributed by atoms with Crippen molar-refractivity contribution in [1.82, 2.24) is 9.78 Å². The smallest absolute Gasteiger partial charge is 0.134 e. The van der Waals surface area contributed by atoms with Crippen LogP contribution in [0.25, 0.3) is 0 Å². The first-order valence-electron chi connectivity index (χ1n) is 5.57. The van der Waals surface area contributed by atoms with E-state index in [4.69, 9.17) is 16.3 Å². The molecule has 0 saturated heterocycles. The van der Waals surface area contributed by atoms with Crippen molar-refractivity contribution in [3.63, 3.8) is 0 Å². The van der Waals surface area contributed by atoms with Gasteiger partial charge in [0.2, 0.25) is 0 Å². The van der Waals surface area contributed by atoms with Crippen LogP contribution in [0.1, 0.15) is 17.0 Å². The molecule has 2 aromatic rings. The molecule has 5 heteroatoms. The van der Waals surface area contributed by atoms with E-state index in [1.165, 1.54) is 0 Å². The van der Waals surface area contributed by atoms with Gasteiger partial charge in [-0.25, -0.2) is 0 Å². The molecule has 18 heavy (non-hydrogen) atoms. The van der Waals surface area contributed by atoms with E-state index in [2.05, 4.69) is 21.0 Å². The van der Waals surface area contributed by atoms with Crippen molar-refractivity contribution in [2.24, 2.45) is 7.05 Å². The molecule has 0 unspecified atom stereocenters. The van der Waals surface area contributed by atoms with Gasteiger partial charge in [0, 0.05) is 12.9 Å². The summed E-state index contributed by atoms with van der Waals surface area (Å²) in [4.78, 5) is 0. The number of rotatable bonds is 4. The third-order valence-corrected chi connectivity index (χ3v) is 3.55. The van der Waals surface area contributed by atoms with Gasteiger partial charge >= 0.3 is 0 Å². The molecule has 0 fully saturated rings. The van der Waals surface area contributed by atoms with Gasteiger partial charge in [-0.15, -0.1) is 11.6 Å². The molecule has 1 aromatic heterocycles. The maximum atomic E-state index is 5.77. The lowest BCUT2D eigenvalue weighted by atomic mass is 10.2. The molecular formula is C13H14BrClN2O. The SMILES string of the molecule is Cc1cc(COc2ccc(CCl)cc2Br)n(C)n1. The zero-order chi connectivity index (χ0) is 13.1. The van der Waals surface area contributed by atoms with Crippen LogP contribution in [0.5, 0.6) is 5.75 Å². The van der Waals surface area contributed by atoms with Gasteiger partial charge < -0.3 is 4.74 Å². The predicted octanol–water partition coefficient (Wildman–Crippen LogP) is 3.81. The Morgan fingerprint density at radius 3 is 2.72 bits per heavy atom. The molecule has 0 bridgehead atoms. The first-order chi connectivity index (χ1) is 8.60. The fourth-order valence-corrected chi connectivity index (χ4v) is 2.40. The Bertz CT molecular complexity index is 554. The minimum Gasteiger partial charge on any atom is -0.486 e. The molecular weight excluding hydrogens is 316 g/mol. The molecule has 1 aromatic carbocycles. The van der Waals surface area contributed by atoms with E-state index in [1.54, 1.807) is 0 Å². The molecule has 0 aliphatic rings. The first-order valence-corrected chi connectivity index (χ1v) is 6.89. The van der Waals surface area contributed by atoms with Gasteiger partial charge in [0.05, 0.1) is 15.9 Å². The predicted molar refractivity (Wildman–Crippen MR) is 76.0 cm³/mol. The van der Waals surface area contributed by atoms with Gasteiger partial charge in [0.15, 0.2) is 0 Å². The average Bonchev–Trinajstić information content (AvgIpc) is 2.66. The van der Waals surface area contributed by atoms with Crippen molar-refractivity contribution in [3.8, 4) is 5.75 Å². The van der Waals surface area contributed by atoms with Crippen molar-refractivity contribution in [2.75, 3.05) is 0 Å². The van der Waals surface area contributed by atoms with Crippen molar-refractivity contribution >= 4 is 27.5 Å². The lowest BCUT2D eigenvalue weighted by Crippen LogP contribution is -2.03. The standard InChI is InChI=1S/C13H14BrClN2O/c1-9-5-11(17(2)16-9)8-18-13-4-3-10(7-15)6-12(13)14/h3-6H,7-8H2,1-2H3. The maximum Gasteiger partial charge on any atom is 0.134 e. The number of hydrogen-bond donors (Lipinski definition) is 0. The molecule has 0 radical (unpaired) electrons. The van der Waals surface area contributed by atoms with Gasteiger partial charge in [0.25, 0.3) is 0 Å². The molecule has 0 N–H and O–H groups in total. The van der Waals surface area contributed by atoms with E-state index in [0.29, 0.717) is 12.5 Å². The highest BCUT2D eigenvalue weighted by Crippen LogP contribution is 2.27. The van der Waals surface area contributed by atoms with Crippen molar-refractivity contribution < 1.29 is 4.74 Å². The van der Waals surface area contributed by atoms with Crippen LogP contribution < -0.4 is 4.74 Å². The third-order valence-electron chi connectivity index (χ3n) is 2.63. The molecule has 0 aliphatic carbocycles. The van der Waals surface area contributed by atoms with Crippen LogP contribution >= 0.6 is 27.5 Å². The second-order valence-corrected chi connectivity index (χ2v) is 5.21. The number of nitrogens with zero attached hydrogens (tertiary/aromatic N) is 2. The van der Waals surface area contributed by atoms with Crippen molar-refractivity contribution in [2.45, 2.75) is 19.4 Å². The highest BCUT2D eigenvalue weighted by molar-refractivity contribution is 9.10. The highest BCUT2D eigenvalue weighted by atomic mass is 79.9. The summed E-state index contributed by atoms with van der Waals surface area (Å²) in [5.41, 5.74) is 3.10. The quantitative estimate of drug-likeness (QED) is 0.798. The minimum absolute atomic E-state index is 0.496. The second-order valence-electron chi connectivity index (χ2n) is 4.09. The van der Waals surface area contributed by atoms with E-state index in [1.807, 2.05) is 42.9 Å². The molecule has 96 valence electrons. The van der Waals surface area contributed by atoms with Crippen LogP contribution in [0.2, 0.25) is 0 Å². The van der Waals surface area contributed by atoms with Crippen LogP contribution in [-0.4, -0.2) is 9.78 Å². The van der Waals surface area contributed by atoms with Gasteiger partial charge in [-0.1, -0.05) is 6.07 Å². The van der Waals surface area contributed by atoms with Crippen LogP contribution in [0.15, 0.2) is 28.7 Å². The van der Waals surface area contributed by atoms with Crippen LogP contribution in [-0.2, 0) is 19.5 Å². The normalized spacial score (nSPS) is 10.7. The fraction of sp³-hybridized carbons (Fsp3) is 0.308. The summed E-state index contributed by atoms with van der Waals surface area (Å²) in [6.45, 7) is 2.46. The van der Waals surface area contributed by atoms with Crippen LogP contribution in [0, 0.1) is 6.92 Å². The Morgan fingerprint density at radius 2 is 2.17 bits per heavy atom. The van der Waals surface area contributed by atoms with Crippen molar-refractivity contribution in [1.29, 1.82) is 0 Å². The number of hydrogen-bond acceptors (Lipinski definition) is 2.